The number of piperidine rings is 1. The number of halogens is 1. The van der Waals surface area contributed by atoms with Gasteiger partial charge >= 0.3 is 0 Å². The molecule has 0 aliphatic carbocycles. The third kappa shape index (κ3) is 5.51. The molecular weight excluding hydrogens is 464 g/mol. The van der Waals surface area contributed by atoms with E-state index in [-0.39, 0.29) is 12.4 Å². The molecule has 4 heterocycles. The minimum atomic E-state index is 0. The van der Waals surface area contributed by atoms with Crippen molar-refractivity contribution in [3.8, 4) is 17.3 Å². The molecule has 0 bridgehead atoms. The summed E-state index contributed by atoms with van der Waals surface area (Å²) < 4.78 is 12.0. The molecule has 7 heteroatoms. The Bertz CT molecular complexity index is 1190. The first-order valence-corrected chi connectivity index (χ1v) is 13.1. The molecule has 0 radical (unpaired) electrons. The molecule has 1 aliphatic rings. The average molecular weight is 499 g/mol. The Labute approximate surface area is 212 Å². The molecule has 1 fully saturated rings. The van der Waals surface area contributed by atoms with Crippen LogP contribution in [0.3, 0.4) is 0 Å². The normalized spacial score (nSPS) is 14.4. The van der Waals surface area contributed by atoms with Crippen molar-refractivity contribution in [3.05, 3.63) is 59.2 Å². The highest BCUT2D eigenvalue weighted by Gasteiger charge is 2.16. The first kappa shape index (κ1) is 24.8. The van der Waals surface area contributed by atoms with Gasteiger partial charge in [-0.1, -0.05) is 19.1 Å². The smallest absolute Gasteiger partial charge is 0.156 e. The van der Waals surface area contributed by atoms with Crippen LogP contribution in [0.1, 0.15) is 37.4 Å². The molecule has 0 atom stereocenters. The van der Waals surface area contributed by atoms with Crippen LogP contribution in [0.4, 0.5) is 0 Å². The standard InChI is InChI=1S/C27H34N4OS.ClH/c1-3-22-18-31(27(29-22)25-17-26-24(30(25)2)12-16-33-26)15-4-5-20-6-8-23(9-7-20)32-19-21-10-13-28-14-11-21;/h6-9,12,16-18,21,28H,3-5,10-11,13-15,19H2,1-2H3;1H. The molecule has 0 spiro atoms. The fourth-order valence-electron chi connectivity index (χ4n) is 4.75. The predicted molar refractivity (Wildman–Crippen MR) is 144 cm³/mol. The lowest BCUT2D eigenvalue weighted by Gasteiger charge is -2.22. The van der Waals surface area contributed by atoms with E-state index < -0.39 is 0 Å². The highest BCUT2D eigenvalue weighted by Crippen LogP contribution is 2.30. The lowest BCUT2D eigenvalue weighted by atomic mass is 9.99. The molecule has 3 aromatic heterocycles. The van der Waals surface area contributed by atoms with Gasteiger partial charge in [0.1, 0.15) is 5.75 Å². The Hall–Kier alpha value is -2.28. The topological polar surface area (TPSA) is 44.0 Å². The van der Waals surface area contributed by atoms with Crippen molar-refractivity contribution in [2.45, 2.75) is 45.6 Å². The third-order valence-electron chi connectivity index (χ3n) is 6.81. The summed E-state index contributed by atoms with van der Waals surface area (Å²) >= 11 is 1.79. The number of nitrogens with one attached hydrogen (secondary N) is 1. The number of nitrogens with zero attached hydrogens (tertiary/aromatic N) is 3. The van der Waals surface area contributed by atoms with Gasteiger partial charge in [-0.05, 0) is 86.3 Å². The van der Waals surface area contributed by atoms with Crippen LogP contribution in [-0.4, -0.2) is 33.8 Å². The van der Waals surface area contributed by atoms with Gasteiger partial charge in [-0.25, -0.2) is 4.98 Å². The van der Waals surface area contributed by atoms with Crippen molar-refractivity contribution < 1.29 is 4.74 Å². The molecule has 0 amide bonds. The molecule has 1 aliphatic heterocycles. The molecule has 5 rings (SSSR count). The van der Waals surface area contributed by atoms with Gasteiger partial charge in [0.05, 0.1) is 28.2 Å². The van der Waals surface area contributed by atoms with Gasteiger partial charge in [-0.15, -0.1) is 23.7 Å². The zero-order chi connectivity index (χ0) is 22.6. The Kier molecular flexibility index (Phi) is 8.35. The molecule has 1 aromatic carbocycles. The first-order valence-electron chi connectivity index (χ1n) is 12.2. The SMILES string of the molecule is CCc1cn(CCCc2ccc(OCC3CCNCC3)cc2)c(-c2cc3sccc3n2C)n1.Cl. The Morgan fingerprint density at radius 2 is 1.94 bits per heavy atom. The Morgan fingerprint density at radius 3 is 2.68 bits per heavy atom. The molecule has 1 N–H and O–H groups in total. The van der Waals surface area contributed by atoms with E-state index in [1.165, 1.54) is 34.3 Å². The van der Waals surface area contributed by atoms with Crippen LogP contribution in [0, 0.1) is 5.92 Å². The van der Waals surface area contributed by atoms with E-state index in [1.54, 1.807) is 11.3 Å². The number of aryl methyl sites for hydroxylation is 4. The van der Waals surface area contributed by atoms with E-state index in [2.05, 4.69) is 76.4 Å². The van der Waals surface area contributed by atoms with Crippen molar-refractivity contribution in [2.24, 2.45) is 13.0 Å². The number of rotatable bonds is 9. The fourth-order valence-corrected chi connectivity index (χ4v) is 5.60. The van der Waals surface area contributed by atoms with Crippen molar-refractivity contribution in [1.29, 1.82) is 0 Å². The number of hydrogen-bond donors (Lipinski definition) is 1. The molecular formula is C27H35ClN4OS. The van der Waals surface area contributed by atoms with E-state index >= 15 is 0 Å². The maximum absolute atomic E-state index is 6.04. The number of aromatic nitrogens is 3. The molecule has 1 saturated heterocycles. The molecule has 5 nitrogen and oxygen atoms in total. The van der Waals surface area contributed by atoms with Crippen LogP contribution in [-0.2, 0) is 26.4 Å². The number of ether oxygens (including phenoxy) is 1. The highest BCUT2D eigenvalue weighted by atomic mass is 35.5. The largest absolute Gasteiger partial charge is 0.493 e. The minimum Gasteiger partial charge on any atom is -0.493 e. The van der Waals surface area contributed by atoms with Gasteiger partial charge in [0.2, 0.25) is 0 Å². The van der Waals surface area contributed by atoms with Crippen molar-refractivity contribution in [3.63, 3.8) is 0 Å². The summed E-state index contributed by atoms with van der Waals surface area (Å²) in [6.45, 7) is 6.21. The van der Waals surface area contributed by atoms with Crippen molar-refractivity contribution >= 4 is 34.0 Å². The van der Waals surface area contributed by atoms with E-state index in [4.69, 9.17) is 9.72 Å². The molecule has 34 heavy (non-hydrogen) atoms. The highest BCUT2D eigenvalue weighted by molar-refractivity contribution is 7.17. The quantitative estimate of drug-likeness (QED) is 0.303. The number of fused-ring (bicyclic) bond motifs is 1. The first-order chi connectivity index (χ1) is 16.2. The van der Waals surface area contributed by atoms with Crippen molar-refractivity contribution in [1.82, 2.24) is 19.4 Å². The van der Waals surface area contributed by atoms with E-state index in [0.717, 1.165) is 62.8 Å². The fraction of sp³-hybridized carbons (Fsp3) is 0.444. The number of thiophene rings is 1. The predicted octanol–water partition coefficient (Wildman–Crippen LogP) is 6.10. The van der Waals surface area contributed by atoms with Crippen LogP contribution >= 0.6 is 23.7 Å². The zero-order valence-electron chi connectivity index (χ0n) is 20.1. The summed E-state index contributed by atoms with van der Waals surface area (Å²) in [5, 5.41) is 5.57. The maximum Gasteiger partial charge on any atom is 0.156 e. The maximum atomic E-state index is 6.04. The van der Waals surface area contributed by atoms with Gasteiger partial charge in [0.15, 0.2) is 5.82 Å². The van der Waals surface area contributed by atoms with Gasteiger partial charge < -0.3 is 19.2 Å². The Morgan fingerprint density at radius 1 is 1.15 bits per heavy atom. The summed E-state index contributed by atoms with van der Waals surface area (Å²) in [7, 11) is 2.14. The lowest BCUT2D eigenvalue weighted by Crippen LogP contribution is -2.30. The average Bonchev–Trinajstić information content (AvgIpc) is 3.55. The van der Waals surface area contributed by atoms with Crippen LogP contribution in [0.5, 0.6) is 5.75 Å². The number of imidazole rings is 1. The van der Waals surface area contributed by atoms with E-state index in [9.17, 15) is 0 Å². The second-order valence-corrected chi connectivity index (χ2v) is 10.1. The van der Waals surface area contributed by atoms with E-state index in [1.807, 2.05) is 0 Å². The zero-order valence-corrected chi connectivity index (χ0v) is 21.8. The lowest BCUT2D eigenvalue weighted by molar-refractivity contribution is 0.215. The summed E-state index contributed by atoms with van der Waals surface area (Å²) in [4.78, 5) is 4.96. The molecule has 0 unspecified atom stereocenters. The number of hydrogen-bond acceptors (Lipinski definition) is 4. The molecule has 182 valence electrons. The van der Waals surface area contributed by atoms with Crippen LogP contribution < -0.4 is 10.1 Å². The van der Waals surface area contributed by atoms with Crippen LogP contribution in [0.25, 0.3) is 21.7 Å². The molecule has 4 aromatic rings. The summed E-state index contributed by atoms with van der Waals surface area (Å²) in [6, 6.07) is 13.2. The van der Waals surface area contributed by atoms with E-state index in [0.29, 0.717) is 5.92 Å². The summed E-state index contributed by atoms with van der Waals surface area (Å²) in [6.07, 6.45) is 7.76. The van der Waals surface area contributed by atoms with Crippen molar-refractivity contribution in [2.75, 3.05) is 19.7 Å². The third-order valence-corrected chi connectivity index (χ3v) is 7.67. The second kappa shape index (κ2) is 11.4. The monoisotopic (exact) mass is 498 g/mol. The van der Waals surface area contributed by atoms with Gasteiger partial charge in [0, 0.05) is 19.8 Å². The summed E-state index contributed by atoms with van der Waals surface area (Å²) in [5.41, 5.74) is 5.00. The van der Waals surface area contributed by atoms with Gasteiger partial charge in [-0.2, -0.15) is 0 Å². The van der Waals surface area contributed by atoms with Crippen LogP contribution in [0.15, 0.2) is 48.0 Å². The molecule has 0 saturated carbocycles. The number of benzene rings is 1. The Balaban J connectivity index is 0.00000274. The van der Waals surface area contributed by atoms with Gasteiger partial charge in [0.25, 0.3) is 0 Å². The second-order valence-electron chi connectivity index (χ2n) is 9.11. The van der Waals surface area contributed by atoms with Gasteiger partial charge in [-0.3, -0.25) is 0 Å². The van der Waals surface area contributed by atoms with Crippen LogP contribution in [0.2, 0.25) is 0 Å². The minimum absolute atomic E-state index is 0. The summed E-state index contributed by atoms with van der Waals surface area (Å²) in [5.74, 6) is 2.76.